The Kier molecular flexibility index (Phi) is 5.61. The first kappa shape index (κ1) is 17.7. The summed E-state index contributed by atoms with van der Waals surface area (Å²) < 4.78 is 31.4. The van der Waals surface area contributed by atoms with Gasteiger partial charge >= 0.3 is 0 Å². The van der Waals surface area contributed by atoms with Crippen LogP contribution in [0.4, 0.5) is 0 Å². The van der Waals surface area contributed by atoms with E-state index < -0.39 is 10.0 Å². The van der Waals surface area contributed by atoms with Crippen LogP contribution in [0.25, 0.3) is 0 Å². The predicted octanol–water partition coefficient (Wildman–Crippen LogP) is 0.603. The van der Waals surface area contributed by atoms with E-state index in [1.54, 1.807) is 6.07 Å². The SMILES string of the molecule is CNS(=O)(=O)c1cc(C(=O)NC2CCC(N)CC2)ccc1OC. The molecule has 1 aromatic carbocycles. The summed E-state index contributed by atoms with van der Waals surface area (Å²) in [5.74, 6) is -0.0970. The fourth-order valence-corrected chi connectivity index (χ4v) is 3.59. The van der Waals surface area contributed by atoms with Crippen molar-refractivity contribution in [3.8, 4) is 5.75 Å². The van der Waals surface area contributed by atoms with Crippen LogP contribution in [0.3, 0.4) is 0 Å². The molecule has 0 saturated heterocycles. The first-order valence-corrected chi connectivity index (χ1v) is 9.03. The van der Waals surface area contributed by atoms with Gasteiger partial charge in [0.2, 0.25) is 10.0 Å². The quantitative estimate of drug-likeness (QED) is 0.726. The Morgan fingerprint density at radius 3 is 2.48 bits per heavy atom. The summed E-state index contributed by atoms with van der Waals surface area (Å²) in [4.78, 5) is 12.3. The standard InChI is InChI=1S/C15H23N3O4S/c1-17-23(20,21)14-9-10(3-8-13(14)22-2)15(19)18-12-6-4-11(16)5-7-12/h3,8-9,11-12,17H,4-7,16H2,1-2H3,(H,18,19). The molecule has 0 atom stereocenters. The summed E-state index contributed by atoms with van der Waals surface area (Å²) in [6, 6.07) is 4.65. The highest BCUT2D eigenvalue weighted by molar-refractivity contribution is 7.89. The second kappa shape index (κ2) is 7.29. The van der Waals surface area contributed by atoms with Crippen LogP contribution in [0.5, 0.6) is 5.75 Å². The smallest absolute Gasteiger partial charge is 0.251 e. The highest BCUT2D eigenvalue weighted by atomic mass is 32.2. The maximum absolute atomic E-state index is 12.4. The average molecular weight is 341 g/mol. The first-order valence-electron chi connectivity index (χ1n) is 7.55. The first-order chi connectivity index (χ1) is 10.9. The Bertz CT molecular complexity index is 667. The van der Waals surface area contributed by atoms with Crippen molar-refractivity contribution >= 4 is 15.9 Å². The predicted molar refractivity (Wildman–Crippen MR) is 86.9 cm³/mol. The highest BCUT2D eigenvalue weighted by Gasteiger charge is 2.23. The molecule has 0 bridgehead atoms. The van der Waals surface area contributed by atoms with E-state index in [2.05, 4.69) is 10.0 Å². The van der Waals surface area contributed by atoms with E-state index in [4.69, 9.17) is 10.5 Å². The molecule has 23 heavy (non-hydrogen) atoms. The maximum Gasteiger partial charge on any atom is 0.251 e. The van der Waals surface area contributed by atoms with Crippen LogP contribution in [-0.4, -0.2) is 40.6 Å². The zero-order chi connectivity index (χ0) is 17.0. The van der Waals surface area contributed by atoms with E-state index in [0.29, 0.717) is 0 Å². The summed E-state index contributed by atoms with van der Waals surface area (Å²) in [5.41, 5.74) is 6.14. The van der Waals surface area contributed by atoms with Gasteiger partial charge in [-0.25, -0.2) is 13.1 Å². The number of nitrogens with two attached hydrogens (primary N) is 1. The van der Waals surface area contributed by atoms with E-state index in [-0.39, 0.29) is 34.2 Å². The monoisotopic (exact) mass is 341 g/mol. The van der Waals surface area contributed by atoms with Gasteiger partial charge < -0.3 is 15.8 Å². The summed E-state index contributed by atoms with van der Waals surface area (Å²) in [6.45, 7) is 0. The third kappa shape index (κ3) is 4.21. The Morgan fingerprint density at radius 2 is 1.91 bits per heavy atom. The Hall–Kier alpha value is -1.64. The molecule has 1 saturated carbocycles. The molecule has 0 radical (unpaired) electrons. The second-order valence-electron chi connectivity index (χ2n) is 5.66. The molecular weight excluding hydrogens is 318 g/mol. The largest absolute Gasteiger partial charge is 0.495 e. The van der Waals surface area contributed by atoms with Gasteiger partial charge in [0.25, 0.3) is 5.91 Å². The fraction of sp³-hybridized carbons (Fsp3) is 0.533. The van der Waals surface area contributed by atoms with Crippen LogP contribution in [0, 0.1) is 0 Å². The number of sulfonamides is 1. The number of methoxy groups -OCH3 is 1. The van der Waals surface area contributed by atoms with Crippen molar-refractivity contribution in [1.29, 1.82) is 0 Å². The molecule has 7 nitrogen and oxygen atoms in total. The molecule has 8 heteroatoms. The number of nitrogens with one attached hydrogen (secondary N) is 2. The zero-order valence-electron chi connectivity index (χ0n) is 13.3. The third-order valence-electron chi connectivity index (χ3n) is 4.09. The molecule has 0 aromatic heterocycles. The molecular formula is C15H23N3O4S. The Balaban J connectivity index is 2.19. The van der Waals surface area contributed by atoms with Crippen molar-refractivity contribution in [2.75, 3.05) is 14.2 Å². The highest BCUT2D eigenvalue weighted by Crippen LogP contribution is 2.25. The Morgan fingerprint density at radius 1 is 1.26 bits per heavy atom. The van der Waals surface area contributed by atoms with Gasteiger partial charge in [-0.3, -0.25) is 4.79 Å². The van der Waals surface area contributed by atoms with Gasteiger partial charge in [-0.05, 0) is 50.9 Å². The molecule has 1 aromatic rings. The lowest BCUT2D eigenvalue weighted by Gasteiger charge is -2.26. The summed E-state index contributed by atoms with van der Waals surface area (Å²) >= 11 is 0. The summed E-state index contributed by atoms with van der Waals surface area (Å²) in [6.07, 6.45) is 3.44. The number of benzene rings is 1. The normalized spacial score (nSPS) is 21.7. The molecule has 4 N–H and O–H groups in total. The molecule has 0 heterocycles. The molecule has 0 spiro atoms. The summed E-state index contributed by atoms with van der Waals surface area (Å²) in [5, 5.41) is 2.94. The van der Waals surface area contributed by atoms with Crippen molar-refractivity contribution < 1.29 is 17.9 Å². The van der Waals surface area contributed by atoms with Crippen LogP contribution < -0.4 is 20.5 Å². The number of carbonyl (C=O) groups is 1. The van der Waals surface area contributed by atoms with E-state index in [9.17, 15) is 13.2 Å². The molecule has 0 unspecified atom stereocenters. The van der Waals surface area contributed by atoms with Crippen LogP contribution in [0.2, 0.25) is 0 Å². The van der Waals surface area contributed by atoms with Crippen molar-refractivity contribution in [3.63, 3.8) is 0 Å². The number of hydrogen-bond acceptors (Lipinski definition) is 5. The Labute approximate surface area is 136 Å². The van der Waals surface area contributed by atoms with Crippen molar-refractivity contribution in [2.45, 2.75) is 42.7 Å². The van der Waals surface area contributed by atoms with Gasteiger partial charge in [0.05, 0.1) is 7.11 Å². The van der Waals surface area contributed by atoms with Gasteiger partial charge in [0, 0.05) is 17.6 Å². The van der Waals surface area contributed by atoms with E-state index in [1.807, 2.05) is 0 Å². The molecule has 1 aliphatic rings. The minimum Gasteiger partial charge on any atom is -0.495 e. The minimum absolute atomic E-state index is 0.0548. The number of rotatable bonds is 5. The molecule has 2 rings (SSSR count). The number of ether oxygens (including phenoxy) is 1. The maximum atomic E-state index is 12.4. The van der Waals surface area contributed by atoms with Crippen LogP contribution in [0.1, 0.15) is 36.0 Å². The van der Waals surface area contributed by atoms with Crippen LogP contribution >= 0.6 is 0 Å². The lowest BCUT2D eigenvalue weighted by molar-refractivity contribution is 0.0925. The third-order valence-corrected chi connectivity index (χ3v) is 5.53. The van der Waals surface area contributed by atoms with Crippen molar-refractivity contribution in [1.82, 2.24) is 10.0 Å². The number of carbonyl (C=O) groups excluding carboxylic acids is 1. The number of amides is 1. The van der Waals surface area contributed by atoms with Gasteiger partial charge in [0.15, 0.2) is 0 Å². The van der Waals surface area contributed by atoms with Crippen molar-refractivity contribution in [2.24, 2.45) is 5.73 Å². The van der Waals surface area contributed by atoms with Crippen molar-refractivity contribution in [3.05, 3.63) is 23.8 Å². The minimum atomic E-state index is -3.71. The molecule has 128 valence electrons. The molecule has 1 aliphatic carbocycles. The zero-order valence-corrected chi connectivity index (χ0v) is 14.2. The van der Waals surface area contributed by atoms with Gasteiger partial charge in [-0.1, -0.05) is 0 Å². The molecule has 1 fully saturated rings. The van der Waals surface area contributed by atoms with Crippen LogP contribution in [0.15, 0.2) is 23.1 Å². The van der Waals surface area contributed by atoms with Crippen LogP contribution in [-0.2, 0) is 10.0 Å². The van der Waals surface area contributed by atoms with E-state index >= 15 is 0 Å². The number of hydrogen-bond donors (Lipinski definition) is 3. The average Bonchev–Trinajstić information content (AvgIpc) is 2.56. The van der Waals surface area contributed by atoms with E-state index in [0.717, 1.165) is 25.7 Å². The fourth-order valence-electron chi connectivity index (χ4n) is 2.67. The van der Waals surface area contributed by atoms with Gasteiger partial charge in [-0.2, -0.15) is 0 Å². The lowest BCUT2D eigenvalue weighted by atomic mass is 9.91. The lowest BCUT2D eigenvalue weighted by Crippen LogP contribution is -2.40. The second-order valence-corrected chi connectivity index (χ2v) is 7.51. The molecule has 1 amide bonds. The van der Waals surface area contributed by atoms with Gasteiger partial charge in [0.1, 0.15) is 10.6 Å². The summed E-state index contributed by atoms with van der Waals surface area (Å²) in [7, 11) is -1.01. The molecule has 0 aliphatic heterocycles. The van der Waals surface area contributed by atoms with Gasteiger partial charge in [-0.15, -0.1) is 0 Å². The van der Waals surface area contributed by atoms with E-state index in [1.165, 1.54) is 26.3 Å². The topological polar surface area (TPSA) is 111 Å².